The molecule has 0 atom stereocenters. The summed E-state index contributed by atoms with van der Waals surface area (Å²) in [6.45, 7) is 1.74. The van der Waals surface area contributed by atoms with E-state index in [-0.39, 0.29) is 10.6 Å². The number of rotatable bonds is 6. The molecule has 0 saturated heterocycles. The van der Waals surface area contributed by atoms with E-state index in [9.17, 15) is 14.9 Å². The molecule has 0 saturated carbocycles. The Morgan fingerprint density at radius 2 is 2.17 bits per heavy atom. The van der Waals surface area contributed by atoms with E-state index in [0.29, 0.717) is 25.7 Å². The normalized spacial score (nSPS) is 11.2. The lowest BCUT2D eigenvalue weighted by Gasteiger charge is -1.92. The highest BCUT2D eigenvalue weighted by Gasteiger charge is 2.04. The minimum absolute atomic E-state index is 0.237. The molecular weight excluding hydrogens is 158 g/mol. The van der Waals surface area contributed by atoms with Gasteiger partial charge in [0.25, 0.3) is 0 Å². The van der Waals surface area contributed by atoms with Gasteiger partial charge in [-0.1, -0.05) is 6.92 Å². The summed E-state index contributed by atoms with van der Waals surface area (Å²) in [6.07, 6.45) is 4.64. The zero-order chi connectivity index (χ0) is 9.40. The van der Waals surface area contributed by atoms with Gasteiger partial charge in [-0.15, -0.1) is 0 Å². The van der Waals surface area contributed by atoms with Crippen LogP contribution in [0.2, 0.25) is 0 Å². The number of allylic oxidation sites excluding steroid dienone is 2. The van der Waals surface area contributed by atoms with Crippen LogP contribution in [0.3, 0.4) is 0 Å². The molecule has 68 valence electrons. The van der Waals surface area contributed by atoms with Crippen molar-refractivity contribution in [3.63, 3.8) is 0 Å². The smallest absolute Gasteiger partial charge is 0.242 e. The number of hydrogen-bond acceptors (Lipinski definition) is 3. The van der Waals surface area contributed by atoms with Crippen molar-refractivity contribution in [3.8, 4) is 0 Å². The highest BCUT2D eigenvalue weighted by molar-refractivity contribution is 5.49. The van der Waals surface area contributed by atoms with E-state index in [2.05, 4.69) is 0 Å². The molecule has 0 unspecified atom stereocenters. The maximum absolute atomic E-state index is 10.3. The van der Waals surface area contributed by atoms with Gasteiger partial charge < -0.3 is 4.79 Å². The molecule has 4 nitrogen and oxygen atoms in total. The van der Waals surface area contributed by atoms with Crippen LogP contribution in [0.1, 0.15) is 32.6 Å². The van der Waals surface area contributed by atoms with Gasteiger partial charge in [0.15, 0.2) is 0 Å². The number of unbranched alkanes of at least 4 members (excludes halogenated alkanes) is 2. The molecular formula is C8H13NO3. The van der Waals surface area contributed by atoms with Crippen molar-refractivity contribution in [1.29, 1.82) is 0 Å². The standard InChI is InChI=1S/C8H13NO3/c1-2-8(9(11)12)6-4-3-5-7-10/h6-7H,2-5H2,1H3. The van der Waals surface area contributed by atoms with E-state index < -0.39 is 0 Å². The summed E-state index contributed by atoms with van der Waals surface area (Å²) in [5, 5.41) is 10.3. The Morgan fingerprint density at radius 1 is 1.50 bits per heavy atom. The Kier molecular flexibility index (Phi) is 5.87. The van der Waals surface area contributed by atoms with Gasteiger partial charge in [0.2, 0.25) is 5.70 Å². The van der Waals surface area contributed by atoms with E-state index >= 15 is 0 Å². The number of carbonyl (C=O) groups excluding carboxylic acids is 1. The third kappa shape index (κ3) is 4.60. The predicted molar refractivity (Wildman–Crippen MR) is 45.3 cm³/mol. The minimum atomic E-state index is -0.374. The van der Waals surface area contributed by atoms with Gasteiger partial charge in [0.1, 0.15) is 6.29 Å². The maximum Gasteiger partial charge on any atom is 0.242 e. The molecule has 0 heterocycles. The van der Waals surface area contributed by atoms with Crippen LogP contribution in [0.15, 0.2) is 11.8 Å². The molecule has 0 bridgehead atoms. The van der Waals surface area contributed by atoms with Gasteiger partial charge in [-0.25, -0.2) is 0 Å². The van der Waals surface area contributed by atoms with Crippen molar-refractivity contribution in [2.24, 2.45) is 0 Å². The van der Waals surface area contributed by atoms with Crippen LogP contribution in [0.4, 0.5) is 0 Å². The summed E-state index contributed by atoms with van der Waals surface area (Å²) in [5.74, 6) is 0. The summed E-state index contributed by atoms with van der Waals surface area (Å²) in [4.78, 5) is 19.8. The van der Waals surface area contributed by atoms with Crippen molar-refractivity contribution in [2.45, 2.75) is 32.6 Å². The number of nitro groups is 1. The zero-order valence-corrected chi connectivity index (χ0v) is 7.16. The molecule has 0 aromatic carbocycles. The Hall–Kier alpha value is -1.19. The largest absolute Gasteiger partial charge is 0.303 e. The Balaban J connectivity index is 3.78. The first-order valence-electron chi connectivity index (χ1n) is 3.99. The molecule has 12 heavy (non-hydrogen) atoms. The van der Waals surface area contributed by atoms with Crippen molar-refractivity contribution in [1.82, 2.24) is 0 Å². The van der Waals surface area contributed by atoms with E-state index in [1.54, 1.807) is 13.0 Å². The molecule has 0 rings (SSSR count). The molecule has 0 aliphatic carbocycles. The fourth-order valence-electron chi connectivity index (χ4n) is 0.818. The van der Waals surface area contributed by atoms with Crippen LogP contribution < -0.4 is 0 Å². The lowest BCUT2D eigenvalue weighted by molar-refractivity contribution is -0.427. The van der Waals surface area contributed by atoms with Crippen molar-refractivity contribution < 1.29 is 9.72 Å². The van der Waals surface area contributed by atoms with Crippen molar-refractivity contribution in [3.05, 3.63) is 21.9 Å². The van der Waals surface area contributed by atoms with Crippen LogP contribution in [0.5, 0.6) is 0 Å². The molecule has 4 heteroatoms. The summed E-state index contributed by atoms with van der Waals surface area (Å²) in [5.41, 5.74) is 0.237. The second-order valence-corrected chi connectivity index (χ2v) is 2.40. The Morgan fingerprint density at radius 3 is 2.58 bits per heavy atom. The average Bonchev–Trinajstić information content (AvgIpc) is 2.04. The SMILES string of the molecule is CCC(=CCCCC=O)[N+](=O)[O-]. The molecule has 0 fully saturated rings. The molecule has 0 aliphatic rings. The first-order chi connectivity index (χ1) is 5.72. The lowest BCUT2D eigenvalue weighted by atomic mass is 10.2. The number of aldehydes is 1. The lowest BCUT2D eigenvalue weighted by Crippen LogP contribution is -1.96. The molecule has 0 radical (unpaired) electrons. The van der Waals surface area contributed by atoms with Crippen LogP contribution >= 0.6 is 0 Å². The molecule has 0 aromatic rings. The van der Waals surface area contributed by atoms with Gasteiger partial charge >= 0.3 is 0 Å². The summed E-state index contributed by atoms with van der Waals surface area (Å²) >= 11 is 0. The Bertz CT molecular complexity index is 187. The molecule has 0 spiro atoms. The highest BCUT2D eigenvalue weighted by Crippen LogP contribution is 2.04. The van der Waals surface area contributed by atoms with Gasteiger partial charge in [-0.2, -0.15) is 0 Å². The van der Waals surface area contributed by atoms with Gasteiger partial charge in [0.05, 0.1) is 4.92 Å². The van der Waals surface area contributed by atoms with Gasteiger partial charge in [0, 0.05) is 12.8 Å². The van der Waals surface area contributed by atoms with Gasteiger partial charge in [-0.05, 0) is 18.9 Å². The van der Waals surface area contributed by atoms with Gasteiger partial charge in [-0.3, -0.25) is 10.1 Å². The van der Waals surface area contributed by atoms with Crippen molar-refractivity contribution >= 4 is 6.29 Å². The van der Waals surface area contributed by atoms with Crippen molar-refractivity contribution in [2.75, 3.05) is 0 Å². The summed E-state index contributed by atoms with van der Waals surface area (Å²) in [7, 11) is 0. The predicted octanol–water partition coefficient (Wildman–Crippen LogP) is 1.93. The van der Waals surface area contributed by atoms with Crippen LogP contribution in [-0.4, -0.2) is 11.2 Å². The highest BCUT2D eigenvalue weighted by atomic mass is 16.6. The fourth-order valence-corrected chi connectivity index (χ4v) is 0.818. The Labute approximate surface area is 71.4 Å². The fraction of sp³-hybridized carbons (Fsp3) is 0.625. The topological polar surface area (TPSA) is 60.2 Å². The zero-order valence-electron chi connectivity index (χ0n) is 7.16. The molecule has 0 aliphatic heterocycles. The summed E-state index contributed by atoms with van der Waals surface area (Å²) in [6, 6.07) is 0. The van der Waals surface area contributed by atoms with Crippen LogP contribution in [0.25, 0.3) is 0 Å². The minimum Gasteiger partial charge on any atom is -0.303 e. The molecule has 0 amide bonds. The van der Waals surface area contributed by atoms with E-state index in [0.717, 1.165) is 6.29 Å². The first kappa shape index (κ1) is 10.8. The second-order valence-electron chi connectivity index (χ2n) is 2.40. The maximum atomic E-state index is 10.3. The quantitative estimate of drug-likeness (QED) is 0.265. The second kappa shape index (κ2) is 6.52. The van der Waals surface area contributed by atoms with E-state index in [1.165, 1.54) is 0 Å². The van der Waals surface area contributed by atoms with Crippen LogP contribution in [-0.2, 0) is 4.79 Å². The number of nitrogens with zero attached hydrogens (tertiary/aromatic N) is 1. The molecule has 0 aromatic heterocycles. The van der Waals surface area contributed by atoms with E-state index in [4.69, 9.17) is 0 Å². The average molecular weight is 171 g/mol. The number of hydrogen-bond donors (Lipinski definition) is 0. The molecule has 0 N–H and O–H groups in total. The first-order valence-corrected chi connectivity index (χ1v) is 3.99. The van der Waals surface area contributed by atoms with E-state index in [1.807, 2.05) is 0 Å². The third-order valence-electron chi connectivity index (χ3n) is 1.50. The van der Waals surface area contributed by atoms with Crippen LogP contribution in [0, 0.1) is 10.1 Å². The summed E-state index contributed by atoms with van der Waals surface area (Å²) < 4.78 is 0. The monoisotopic (exact) mass is 171 g/mol. The number of carbonyl (C=O) groups is 1. The third-order valence-corrected chi connectivity index (χ3v) is 1.50.